The van der Waals surface area contributed by atoms with E-state index >= 15 is 0 Å². The molecule has 0 spiro atoms. The van der Waals surface area contributed by atoms with E-state index in [0.29, 0.717) is 13.1 Å². The van der Waals surface area contributed by atoms with Crippen molar-refractivity contribution in [3.8, 4) is 0 Å². The number of methoxy groups -OCH3 is 1. The van der Waals surface area contributed by atoms with Gasteiger partial charge in [0, 0.05) is 19.2 Å². The summed E-state index contributed by atoms with van der Waals surface area (Å²) in [7, 11) is 5.35. The quantitative estimate of drug-likeness (QED) is 0.493. The molecule has 0 unspecified atom stereocenters. The van der Waals surface area contributed by atoms with Crippen molar-refractivity contribution in [2.45, 2.75) is 26.7 Å². The van der Waals surface area contributed by atoms with Gasteiger partial charge in [-0.1, -0.05) is 5.57 Å². The number of ether oxygens (including phenoxy) is 1. The highest BCUT2D eigenvalue weighted by atomic mass is 16.5. The van der Waals surface area contributed by atoms with E-state index in [-0.39, 0.29) is 18.3 Å². The van der Waals surface area contributed by atoms with E-state index in [9.17, 15) is 9.59 Å². The molecule has 0 aliphatic heterocycles. The number of hydrogen-bond acceptors (Lipinski definition) is 4. The molecule has 0 aliphatic rings. The van der Waals surface area contributed by atoms with Crippen LogP contribution in [0.3, 0.4) is 0 Å². The molecule has 0 radical (unpaired) electrons. The number of nitrogens with zero attached hydrogens (tertiary/aromatic N) is 2. The Kier molecular flexibility index (Phi) is 8.87. The summed E-state index contributed by atoms with van der Waals surface area (Å²) in [5, 5.41) is 0. The van der Waals surface area contributed by atoms with E-state index < -0.39 is 0 Å². The highest BCUT2D eigenvalue weighted by molar-refractivity contribution is 5.88. The maximum Gasteiger partial charge on any atom is 0.307 e. The minimum atomic E-state index is -0.289. The molecule has 0 saturated heterocycles. The fourth-order valence-electron chi connectivity index (χ4n) is 1.58. The Morgan fingerprint density at radius 1 is 1.11 bits per heavy atom. The molecule has 0 N–H and O–H groups in total. The molecule has 0 aliphatic carbocycles. The Morgan fingerprint density at radius 2 is 1.74 bits per heavy atom. The summed E-state index contributed by atoms with van der Waals surface area (Å²) < 4.78 is 4.60. The first-order valence-corrected chi connectivity index (χ1v) is 6.52. The first kappa shape index (κ1) is 17.6. The molecule has 110 valence electrons. The van der Waals surface area contributed by atoms with Crippen LogP contribution in [-0.4, -0.2) is 62.5 Å². The zero-order valence-electron chi connectivity index (χ0n) is 12.7. The SMILES string of the molecule is COC(=O)CCN(CCCN(C)C)C(=O)C=C(C)C. The third kappa shape index (κ3) is 9.25. The molecule has 0 bridgehead atoms. The van der Waals surface area contributed by atoms with Crippen molar-refractivity contribution in [3.05, 3.63) is 11.6 Å². The summed E-state index contributed by atoms with van der Waals surface area (Å²) in [6.45, 7) is 5.74. The second-order valence-electron chi connectivity index (χ2n) is 5.03. The molecular weight excluding hydrogens is 244 g/mol. The zero-order valence-corrected chi connectivity index (χ0v) is 12.7. The minimum Gasteiger partial charge on any atom is -0.469 e. The third-order valence-corrected chi connectivity index (χ3v) is 2.57. The van der Waals surface area contributed by atoms with Crippen molar-refractivity contribution in [1.29, 1.82) is 0 Å². The highest BCUT2D eigenvalue weighted by Crippen LogP contribution is 2.01. The predicted octanol–water partition coefficient (Wildman–Crippen LogP) is 1.30. The summed E-state index contributed by atoms with van der Waals surface area (Å²) in [6, 6.07) is 0. The summed E-state index contributed by atoms with van der Waals surface area (Å²) in [6.07, 6.45) is 2.73. The van der Waals surface area contributed by atoms with E-state index in [1.807, 2.05) is 27.9 Å². The number of hydrogen-bond donors (Lipinski definition) is 0. The largest absolute Gasteiger partial charge is 0.469 e. The van der Waals surface area contributed by atoms with Crippen LogP contribution in [0.15, 0.2) is 11.6 Å². The highest BCUT2D eigenvalue weighted by Gasteiger charge is 2.13. The van der Waals surface area contributed by atoms with Crippen molar-refractivity contribution >= 4 is 11.9 Å². The van der Waals surface area contributed by atoms with Crippen LogP contribution in [-0.2, 0) is 14.3 Å². The van der Waals surface area contributed by atoms with E-state index in [4.69, 9.17) is 0 Å². The molecule has 1 amide bonds. The topological polar surface area (TPSA) is 49.9 Å². The van der Waals surface area contributed by atoms with Crippen LogP contribution >= 0.6 is 0 Å². The number of carbonyl (C=O) groups excluding carboxylic acids is 2. The molecule has 0 heterocycles. The maximum atomic E-state index is 12.0. The summed E-state index contributed by atoms with van der Waals surface area (Å²) in [4.78, 5) is 26.9. The lowest BCUT2D eigenvalue weighted by atomic mass is 10.2. The van der Waals surface area contributed by atoms with E-state index in [0.717, 1.165) is 18.5 Å². The van der Waals surface area contributed by atoms with E-state index in [1.165, 1.54) is 7.11 Å². The molecule has 0 saturated carbocycles. The standard InChI is InChI=1S/C14H26N2O3/c1-12(2)11-13(17)16(9-6-8-15(3)4)10-7-14(18)19-5/h11H,6-10H2,1-5H3. The first-order chi connectivity index (χ1) is 8.86. The molecular formula is C14H26N2O3. The Morgan fingerprint density at radius 3 is 2.21 bits per heavy atom. The van der Waals surface area contributed by atoms with Gasteiger partial charge in [0.25, 0.3) is 0 Å². The number of rotatable bonds is 8. The fourth-order valence-corrected chi connectivity index (χ4v) is 1.58. The summed E-state index contributed by atoms with van der Waals surface area (Å²) in [5.74, 6) is -0.328. The van der Waals surface area contributed by atoms with Crippen molar-refractivity contribution in [2.24, 2.45) is 0 Å². The molecule has 0 fully saturated rings. The lowest BCUT2D eigenvalue weighted by Gasteiger charge is -2.22. The minimum absolute atomic E-state index is 0.0392. The third-order valence-electron chi connectivity index (χ3n) is 2.57. The monoisotopic (exact) mass is 270 g/mol. The van der Waals surface area contributed by atoms with E-state index in [1.54, 1.807) is 11.0 Å². The van der Waals surface area contributed by atoms with Crippen molar-refractivity contribution in [3.63, 3.8) is 0 Å². The molecule has 19 heavy (non-hydrogen) atoms. The summed E-state index contributed by atoms with van der Waals surface area (Å²) in [5.41, 5.74) is 0.959. The zero-order chi connectivity index (χ0) is 14.8. The number of allylic oxidation sites excluding steroid dienone is 1. The Bertz CT molecular complexity index is 321. The molecule has 0 aromatic rings. The van der Waals surface area contributed by atoms with Crippen LogP contribution in [0.5, 0.6) is 0 Å². The molecule has 0 atom stereocenters. The van der Waals surface area contributed by atoms with Gasteiger partial charge in [0.1, 0.15) is 0 Å². The maximum absolute atomic E-state index is 12.0. The fraction of sp³-hybridized carbons (Fsp3) is 0.714. The molecule has 0 rings (SSSR count). The van der Waals surface area contributed by atoms with Gasteiger partial charge in [0.05, 0.1) is 13.5 Å². The molecule has 0 aromatic heterocycles. The number of amides is 1. The Balaban J connectivity index is 4.41. The van der Waals surface area contributed by atoms with Gasteiger partial charge in [-0.25, -0.2) is 0 Å². The van der Waals surface area contributed by atoms with Gasteiger partial charge >= 0.3 is 5.97 Å². The van der Waals surface area contributed by atoms with Crippen LogP contribution in [0.2, 0.25) is 0 Å². The lowest BCUT2D eigenvalue weighted by molar-refractivity contribution is -0.141. The average molecular weight is 270 g/mol. The van der Waals surface area contributed by atoms with Crippen LogP contribution in [0.25, 0.3) is 0 Å². The average Bonchev–Trinajstić information content (AvgIpc) is 2.31. The van der Waals surface area contributed by atoms with Gasteiger partial charge in [-0.15, -0.1) is 0 Å². The molecule has 5 heteroatoms. The lowest BCUT2D eigenvalue weighted by Crippen LogP contribution is -2.34. The number of esters is 1. The molecule has 0 aromatic carbocycles. The van der Waals surface area contributed by atoms with Crippen LogP contribution < -0.4 is 0 Å². The van der Waals surface area contributed by atoms with E-state index in [2.05, 4.69) is 9.64 Å². The van der Waals surface area contributed by atoms with Crippen molar-refractivity contribution < 1.29 is 14.3 Å². The Labute approximate surface area is 116 Å². The van der Waals surface area contributed by atoms with Gasteiger partial charge < -0.3 is 14.5 Å². The Hall–Kier alpha value is -1.36. The smallest absolute Gasteiger partial charge is 0.307 e. The van der Waals surface area contributed by atoms with Gasteiger partial charge in [0.15, 0.2) is 0 Å². The van der Waals surface area contributed by atoms with Gasteiger partial charge in [-0.3, -0.25) is 9.59 Å². The summed E-state index contributed by atoms with van der Waals surface area (Å²) >= 11 is 0. The van der Waals surface area contributed by atoms with Crippen molar-refractivity contribution in [2.75, 3.05) is 40.8 Å². The number of carbonyl (C=O) groups is 2. The first-order valence-electron chi connectivity index (χ1n) is 6.52. The predicted molar refractivity (Wildman–Crippen MR) is 75.8 cm³/mol. The van der Waals surface area contributed by atoms with Gasteiger partial charge in [0.2, 0.25) is 5.91 Å². The second-order valence-corrected chi connectivity index (χ2v) is 5.03. The van der Waals surface area contributed by atoms with Crippen LogP contribution in [0.4, 0.5) is 0 Å². The van der Waals surface area contributed by atoms with Crippen LogP contribution in [0, 0.1) is 0 Å². The van der Waals surface area contributed by atoms with Gasteiger partial charge in [-0.05, 0) is 40.9 Å². The van der Waals surface area contributed by atoms with Crippen LogP contribution in [0.1, 0.15) is 26.7 Å². The van der Waals surface area contributed by atoms with Crippen molar-refractivity contribution in [1.82, 2.24) is 9.80 Å². The normalized spacial score (nSPS) is 10.2. The van der Waals surface area contributed by atoms with Gasteiger partial charge in [-0.2, -0.15) is 0 Å². The second kappa shape index (κ2) is 9.55. The molecule has 5 nitrogen and oxygen atoms in total.